The molecule has 3 rings (SSSR count). The molecule has 0 aliphatic carbocycles. The van der Waals surface area contributed by atoms with Gasteiger partial charge in [0.25, 0.3) is 5.91 Å². The van der Waals surface area contributed by atoms with Gasteiger partial charge in [0.05, 0.1) is 29.2 Å². The van der Waals surface area contributed by atoms with Crippen molar-refractivity contribution in [3.05, 3.63) is 77.4 Å². The first-order valence-corrected chi connectivity index (χ1v) is 9.84. The molecule has 0 saturated carbocycles. The molecular weight excluding hydrogens is 369 g/mol. The Morgan fingerprint density at radius 2 is 1.83 bits per heavy atom. The van der Waals surface area contributed by atoms with E-state index in [1.807, 2.05) is 45.0 Å². The van der Waals surface area contributed by atoms with Crippen molar-refractivity contribution in [2.24, 2.45) is 0 Å². The second kappa shape index (κ2) is 9.37. The third kappa shape index (κ3) is 5.22. The van der Waals surface area contributed by atoms with Crippen LogP contribution in [-0.2, 0) is 12.8 Å². The zero-order valence-corrected chi connectivity index (χ0v) is 17.0. The fourth-order valence-corrected chi connectivity index (χ4v) is 3.13. The van der Waals surface area contributed by atoms with Crippen molar-refractivity contribution in [2.45, 2.75) is 39.7 Å². The van der Waals surface area contributed by atoms with Gasteiger partial charge in [-0.2, -0.15) is 5.10 Å². The third-order valence-electron chi connectivity index (χ3n) is 4.51. The first-order chi connectivity index (χ1) is 14.0. The molecule has 0 saturated heterocycles. The van der Waals surface area contributed by atoms with Crippen molar-refractivity contribution in [1.29, 1.82) is 0 Å². The molecule has 3 aromatic rings. The highest BCUT2D eigenvalue weighted by Gasteiger charge is 2.17. The number of benzene rings is 2. The molecule has 1 amide bonds. The molecule has 0 aliphatic rings. The van der Waals surface area contributed by atoms with Crippen molar-refractivity contribution >= 4 is 5.91 Å². The number of aromatic nitrogens is 2. The van der Waals surface area contributed by atoms with Gasteiger partial charge in [-0.3, -0.25) is 4.79 Å². The van der Waals surface area contributed by atoms with Crippen LogP contribution in [-0.4, -0.2) is 28.3 Å². The summed E-state index contributed by atoms with van der Waals surface area (Å²) in [6.07, 6.45) is 3.07. The van der Waals surface area contributed by atoms with Crippen molar-refractivity contribution in [2.75, 3.05) is 6.54 Å². The van der Waals surface area contributed by atoms with Gasteiger partial charge in [-0.25, -0.2) is 9.07 Å². The third-order valence-corrected chi connectivity index (χ3v) is 4.51. The van der Waals surface area contributed by atoms with Crippen LogP contribution in [0.4, 0.5) is 4.39 Å². The van der Waals surface area contributed by atoms with E-state index < -0.39 is 0 Å². The molecule has 0 aliphatic heterocycles. The molecule has 2 aromatic carbocycles. The average Bonchev–Trinajstić information content (AvgIpc) is 3.13. The van der Waals surface area contributed by atoms with E-state index in [-0.39, 0.29) is 17.8 Å². The first-order valence-electron chi connectivity index (χ1n) is 9.84. The number of carbonyl (C=O) groups excluding carboxylic acids is 1. The molecule has 1 aromatic heterocycles. The number of nitrogens with one attached hydrogen (secondary N) is 1. The fourth-order valence-electron chi connectivity index (χ4n) is 3.13. The summed E-state index contributed by atoms with van der Waals surface area (Å²) in [4.78, 5) is 12.6. The minimum absolute atomic E-state index is 0.142. The Bertz CT molecular complexity index is 947. The van der Waals surface area contributed by atoms with Crippen LogP contribution in [0.5, 0.6) is 5.75 Å². The number of halogens is 1. The summed E-state index contributed by atoms with van der Waals surface area (Å²) in [5.74, 6) is 0.379. The van der Waals surface area contributed by atoms with Gasteiger partial charge in [0.2, 0.25) is 0 Å². The topological polar surface area (TPSA) is 56.1 Å². The van der Waals surface area contributed by atoms with Crippen LogP contribution in [0.25, 0.3) is 5.69 Å². The van der Waals surface area contributed by atoms with E-state index in [0.717, 1.165) is 29.1 Å². The lowest BCUT2D eigenvalue weighted by atomic mass is 10.1. The molecule has 1 N–H and O–H groups in total. The van der Waals surface area contributed by atoms with Crippen LogP contribution in [0.2, 0.25) is 0 Å². The highest BCUT2D eigenvalue weighted by molar-refractivity contribution is 5.95. The maximum absolute atomic E-state index is 13.2. The molecule has 1 heterocycles. The summed E-state index contributed by atoms with van der Waals surface area (Å²) < 4.78 is 20.5. The fraction of sp³-hybridized carbons (Fsp3) is 0.304. The molecule has 29 heavy (non-hydrogen) atoms. The Labute approximate surface area is 170 Å². The summed E-state index contributed by atoms with van der Waals surface area (Å²) in [6.45, 7) is 6.47. The van der Waals surface area contributed by atoms with Gasteiger partial charge in [-0.15, -0.1) is 0 Å². The van der Waals surface area contributed by atoms with Crippen molar-refractivity contribution in [1.82, 2.24) is 15.1 Å². The lowest BCUT2D eigenvalue weighted by molar-refractivity contribution is 0.0953. The summed E-state index contributed by atoms with van der Waals surface area (Å²) in [5.41, 5.74) is 3.19. The molecule has 5 nitrogen and oxygen atoms in total. The van der Waals surface area contributed by atoms with Gasteiger partial charge in [0.1, 0.15) is 11.6 Å². The quantitative estimate of drug-likeness (QED) is 0.618. The molecule has 152 valence electrons. The zero-order chi connectivity index (χ0) is 20.8. The van der Waals surface area contributed by atoms with E-state index in [1.165, 1.54) is 12.1 Å². The van der Waals surface area contributed by atoms with Crippen LogP contribution >= 0.6 is 0 Å². The lowest BCUT2D eigenvalue weighted by Crippen LogP contribution is -2.26. The van der Waals surface area contributed by atoms with Gasteiger partial charge < -0.3 is 10.1 Å². The van der Waals surface area contributed by atoms with Crippen LogP contribution in [0.1, 0.15) is 42.4 Å². The van der Waals surface area contributed by atoms with Gasteiger partial charge in [0, 0.05) is 6.54 Å². The monoisotopic (exact) mass is 395 g/mol. The molecular formula is C23H26FN3O2. The van der Waals surface area contributed by atoms with E-state index in [9.17, 15) is 9.18 Å². The highest BCUT2D eigenvalue weighted by Crippen LogP contribution is 2.17. The van der Waals surface area contributed by atoms with Gasteiger partial charge >= 0.3 is 0 Å². The van der Waals surface area contributed by atoms with Gasteiger partial charge in [-0.05, 0) is 68.7 Å². The minimum Gasteiger partial charge on any atom is -0.491 e. The number of amides is 1. The largest absolute Gasteiger partial charge is 0.491 e. The lowest BCUT2D eigenvalue weighted by Gasteiger charge is -2.11. The first kappa shape index (κ1) is 20.6. The second-order valence-electron chi connectivity index (χ2n) is 7.06. The zero-order valence-electron chi connectivity index (χ0n) is 17.0. The maximum Gasteiger partial charge on any atom is 0.254 e. The molecule has 0 spiro atoms. The molecule has 6 heteroatoms. The summed E-state index contributed by atoms with van der Waals surface area (Å²) >= 11 is 0. The molecule has 0 unspecified atom stereocenters. The van der Waals surface area contributed by atoms with Crippen LogP contribution < -0.4 is 10.1 Å². The Morgan fingerprint density at radius 3 is 2.45 bits per heavy atom. The standard InChI is InChI=1S/C23H26FN3O2/c1-4-22-21(15-26-27(22)19-9-7-18(24)8-10-19)23(28)25-14-13-17-5-11-20(12-6-17)29-16(2)3/h5-12,15-16H,4,13-14H2,1-3H3,(H,25,28). The number of nitrogens with zero attached hydrogens (tertiary/aromatic N) is 2. The number of ether oxygens (including phenoxy) is 1. The molecule has 0 bridgehead atoms. The number of rotatable bonds is 8. The Kier molecular flexibility index (Phi) is 6.65. The summed E-state index contributed by atoms with van der Waals surface area (Å²) in [5, 5.41) is 7.29. The maximum atomic E-state index is 13.2. The predicted molar refractivity (Wildman–Crippen MR) is 111 cm³/mol. The number of carbonyl (C=O) groups is 1. The van der Waals surface area contributed by atoms with Crippen LogP contribution in [0.15, 0.2) is 54.7 Å². The number of hydrogen-bond donors (Lipinski definition) is 1. The molecule has 0 fully saturated rings. The van der Waals surface area contributed by atoms with E-state index in [2.05, 4.69) is 10.4 Å². The van der Waals surface area contributed by atoms with Crippen molar-refractivity contribution < 1.29 is 13.9 Å². The summed E-state index contributed by atoms with van der Waals surface area (Å²) in [7, 11) is 0. The van der Waals surface area contributed by atoms with E-state index in [4.69, 9.17) is 4.74 Å². The second-order valence-corrected chi connectivity index (χ2v) is 7.06. The van der Waals surface area contributed by atoms with Gasteiger partial charge in [-0.1, -0.05) is 19.1 Å². The Hall–Kier alpha value is -3.15. The Morgan fingerprint density at radius 1 is 1.14 bits per heavy atom. The molecule has 0 atom stereocenters. The normalized spacial score (nSPS) is 10.9. The average molecular weight is 395 g/mol. The van der Waals surface area contributed by atoms with Crippen molar-refractivity contribution in [3.8, 4) is 11.4 Å². The Balaban J connectivity index is 1.61. The molecule has 0 radical (unpaired) electrons. The van der Waals surface area contributed by atoms with Gasteiger partial charge in [0.15, 0.2) is 0 Å². The van der Waals surface area contributed by atoms with E-state index in [1.54, 1.807) is 23.0 Å². The van der Waals surface area contributed by atoms with E-state index >= 15 is 0 Å². The highest BCUT2D eigenvalue weighted by atomic mass is 19.1. The predicted octanol–water partition coefficient (Wildman–Crippen LogP) is 4.33. The SMILES string of the molecule is CCc1c(C(=O)NCCc2ccc(OC(C)C)cc2)cnn1-c1ccc(F)cc1. The summed E-state index contributed by atoms with van der Waals surface area (Å²) in [6, 6.07) is 14.0. The van der Waals surface area contributed by atoms with Crippen molar-refractivity contribution in [3.63, 3.8) is 0 Å². The minimum atomic E-state index is -0.305. The van der Waals surface area contributed by atoms with E-state index in [0.29, 0.717) is 18.5 Å². The smallest absolute Gasteiger partial charge is 0.254 e. The van der Waals surface area contributed by atoms with Crippen LogP contribution in [0.3, 0.4) is 0 Å². The number of hydrogen-bond acceptors (Lipinski definition) is 3. The van der Waals surface area contributed by atoms with Crippen LogP contribution in [0, 0.1) is 5.82 Å².